The van der Waals surface area contributed by atoms with Crippen LogP contribution in [0.4, 0.5) is 0 Å². The van der Waals surface area contributed by atoms with Crippen molar-refractivity contribution in [2.45, 2.75) is 18.3 Å². The number of hydrogen-bond donors (Lipinski definition) is 0. The topological polar surface area (TPSA) is 61.8 Å². The molecule has 3 aromatic carbocycles. The molecule has 0 radical (unpaired) electrons. The summed E-state index contributed by atoms with van der Waals surface area (Å²) in [7, 11) is 4.34. The van der Waals surface area contributed by atoms with E-state index < -0.39 is 5.41 Å². The van der Waals surface area contributed by atoms with Crippen LogP contribution in [0.3, 0.4) is 0 Å². The fraction of sp³-hybridized carbons (Fsp3) is 0.250. The Kier molecular flexibility index (Phi) is 4.74. The maximum atomic E-state index is 13.2. The van der Waals surface area contributed by atoms with Crippen molar-refractivity contribution in [1.82, 2.24) is 0 Å². The molecule has 0 bridgehead atoms. The first-order valence-electron chi connectivity index (χ1n) is 9.42. The smallest absolute Gasteiger partial charge is 0.320 e. The van der Waals surface area contributed by atoms with Crippen LogP contribution in [-0.4, -0.2) is 33.3 Å². The summed E-state index contributed by atoms with van der Waals surface area (Å²) in [6.45, 7) is 0. The second-order valence-electron chi connectivity index (χ2n) is 7.13. The molecule has 0 spiro atoms. The van der Waals surface area contributed by atoms with Gasteiger partial charge in [0, 0.05) is 6.42 Å². The van der Waals surface area contributed by atoms with Crippen molar-refractivity contribution in [2.75, 3.05) is 21.3 Å². The second-order valence-corrected chi connectivity index (χ2v) is 7.13. The van der Waals surface area contributed by atoms with E-state index in [1.54, 1.807) is 7.11 Å². The van der Waals surface area contributed by atoms with Gasteiger partial charge >= 0.3 is 11.9 Å². The highest BCUT2D eigenvalue weighted by Crippen LogP contribution is 2.53. The number of carbonyl (C=O) groups excluding carboxylic acids is 2. The van der Waals surface area contributed by atoms with E-state index in [0.717, 1.165) is 33.0 Å². The van der Waals surface area contributed by atoms with Crippen LogP contribution >= 0.6 is 0 Å². The van der Waals surface area contributed by atoms with E-state index >= 15 is 0 Å². The number of benzene rings is 3. The van der Waals surface area contributed by atoms with Gasteiger partial charge in [-0.3, -0.25) is 9.59 Å². The van der Waals surface area contributed by atoms with Crippen molar-refractivity contribution >= 4 is 22.7 Å². The normalized spacial score (nSPS) is 16.8. The fourth-order valence-electron chi connectivity index (χ4n) is 4.36. The molecule has 5 heteroatoms. The molecule has 148 valence electrons. The Bertz CT molecular complexity index is 1120. The lowest BCUT2D eigenvalue weighted by molar-refractivity contribution is -0.147. The minimum Gasteiger partial charge on any atom is -0.497 e. The first kappa shape index (κ1) is 19.0. The molecule has 0 saturated carbocycles. The SMILES string of the molecule is COC(=O)CCC1(C(=O)OC)c2ccc(OC)cc2-c2cc3ccccc3cc21. The van der Waals surface area contributed by atoms with Crippen LogP contribution in [0.15, 0.2) is 54.6 Å². The summed E-state index contributed by atoms with van der Waals surface area (Å²) in [4.78, 5) is 25.2. The van der Waals surface area contributed by atoms with Gasteiger partial charge in [0.15, 0.2) is 0 Å². The Balaban J connectivity index is 2.03. The molecule has 0 heterocycles. The van der Waals surface area contributed by atoms with Crippen LogP contribution in [0.2, 0.25) is 0 Å². The average molecular weight is 390 g/mol. The Morgan fingerprint density at radius 1 is 0.828 bits per heavy atom. The van der Waals surface area contributed by atoms with Crippen molar-refractivity contribution < 1.29 is 23.8 Å². The predicted octanol–water partition coefficient (Wildman–Crippen LogP) is 4.24. The summed E-state index contributed by atoms with van der Waals surface area (Å²) in [5.41, 5.74) is 2.45. The third-order valence-corrected chi connectivity index (χ3v) is 5.79. The van der Waals surface area contributed by atoms with Gasteiger partial charge in [0.05, 0.1) is 21.3 Å². The van der Waals surface area contributed by atoms with E-state index in [9.17, 15) is 9.59 Å². The zero-order valence-electron chi connectivity index (χ0n) is 16.7. The van der Waals surface area contributed by atoms with Crippen molar-refractivity contribution in [3.05, 3.63) is 65.7 Å². The molecule has 0 amide bonds. The summed E-state index contributed by atoms with van der Waals surface area (Å²) < 4.78 is 15.5. The molecule has 4 rings (SSSR count). The number of esters is 2. The van der Waals surface area contributed by atoms with Crippen LogP contribution in [0.1, 0.15) is 24.0 Å². The number of rotatable bonds is 5. The maximum absolute atomic E-state index is 13.2. The molecular weight excluding hydrogens is 368 g/mol. The first-order valence-corrected chi connectivity index (χ1v) is 9.42. The van der Waals surface area contributed by atoms with Crippen LogP contribution in [0, 0.1) is 0 Å². The summed E-state index contributed by atoms with van der Waals surface area (Å²) >= 11 is 0. The summed E-state index contributed by atoms with van der Waals surface area (Å²) in [6, 6.07) is 17.8. The fourth-order valence-corrected chi connectivity index (χ4v) is 4.36. The lowest BCUT2D eigenvalue weighted by atomic mass is 9.74. The molecule has 29 heavy (non-hydrogen) atoms. The van der Waals surface area contributed by atoms with Gasteiger partial charge in [-0.05, 0) is 63.7 Å². The third-order valence-electron chi connectivity index (χ3n) is 5.79. The van der Waals surface area contributed by atoms with Crippen LogP contribution < -0.4 is 4.74 Å². The van der Waals surface area contributed by atoms with E-state index in [1.165, 1.54) is 14.2 Å². The minimum absolute atomic E-state index is 0.101. The number of fused-ring (bicyclic) bond motifs is 4. The van der Waals surface area contributed by atoms with Crippen molar-refractivity contribution in [2.24, 2.45) is 0 Å². The molecule has 5 nitrogen and oxygen atoms in total. The second kappa shape index (κ2) is 7.24. The summed E-state index contributed by atoms with van der Waals surface area (Å²) in [6.07, 6.45) is 0.361. The minimum atomic E-state index is -1.08. The van der Waals surface area contributed by atoms with Gasteiger partial charge < -0.3 is 14.2 Å². The molecule has 0 aliphatic heterocycles. The number of carbonyl (C=O) groups is 2. The quantitative estimate of drug-likeness (QED) is 0.610. The molecule has 0 fully saturated rings. The number of ether oxygens (including phenoxy) is 3. The monoisotopic (exact) mass is 390 g/mol. The van der Waals surface area contributed by atoms with E-state index in [0.29, 0.717) is 5.75 Å². The van der Waals surface area contributed by atoms with Gasteiger partial charge in [-0.2, -0.15) is 0 Å². The largest absolute Gasteiger partial charge is 0.497 e. The first-order chi connectivity index (χ1) is 14.0. The molecule has 1 unspecified atom stereocenters. The molecule has 0 saturated heterocycles. The Morgan fingerprint density at radius 3 is 2.17 bits per heavy atom. The van der Waals surface area contributed by atoms with Crippen LogP contribution in [0.25, 0.3) is 21.9 Å². The Labute approximate surface area is 169 Å². The van der Waals surface area contributed by atoms with Gasteiger partial charge in [-0.25, -0.2) is 0 Å². The van der Waals surface area contributed by atoms with E-state index in [1.807, 2.05) is 48.5 Å². The van der Waals surface area contributed by atoms with Crippen molar-refractivity contribution in [3.63, 3.8) is 0 Å². The average Bonchev–Trinajstić information content (AvgIpc) is 3.04. The third kappa shape index (κ3) is 2.85. The maximum Gasteiger partial charge on any atom is 0.320 e. The zero-order valence-corrected chi connectivity index (χ0v) is 16.7. The lowest BCUT2D eigenvalue weighted by Crippen LogP contribution is -2.37. The molecule has 1 aliphatic rings. The standard InChI is InChI=1S/C24H22O5/c1-27-17-8-9-20-19(14-17)18-12-15-6-4-5-7-16(15)13-21(18)24(20,23(26)29-3)11-10-22(25)28-2/h4-9,12-14H,10-11H2,1-3H3. The highest BCUT2D eigenvalue weighted by Gasteiger charge is 2.50. The molecule has 3 aromatic rings. The van der Waals surface area contributed by atoms with E-state index in [-0.39, 0.29) is 24.8 Å². The van der Waals surface area contributed by atoms with Crippen molar-refractivity contribution in [3.8, 4) is 16.9 Å². The molecule has 0 aromatic heterocycles. The highest BCUT2D eigenvalue weighted by atomic mass is 16.5. The van der Waals surface area contributed by atoms with Gasteiger partial charge in [0.2, 0.25) is 0 Å². The Morgan fingerprint density at radius 2 is 1.52 bits per heavy atom. The van der Waals surface area contributed by atoms with Gasteiger partial charge in [-0.15, -0.1) is 0 Å². The number of hydrogen-bond acceptors (Lipinski definition) is 5. The predicted molar refractivity (Wildman–Crippen MR) is 110 cm³/mol. The van der Waals surface area contributed by atoms with Gasteiger partial charge in [0.25, 0.3) is 0 Å². The molecular formula is C24H22O5. The highest BCUT2D eigenvalue weighted by molar-refractivity contribution is 6.02. The lowest BCUT2D eigenvalue weighted by Gasteiger charge is -2.29. The van der Waals surface area contributed by atoms with E-state index in [2.05, 4.69) is 6.07 Å². The van der Waals surface area contributed by atoms with Gasteiger partial charge in [-0.1, -0.05) is 30.3 Å². The zero-order chi connectivity index (χ0) is 20.6. The molecule has 0 N–H and O–H groups in total. The number of methoxy groups -OCH3 is 3. The molecule has 1 atom stereocenters. The van der Waals surface area contributed by atoms with Crippen LogP contribution in [0.5, 0.6) is 5.75 Å². The van der Waals surface area contributed by atoms with Crippen molar-refractivity contribution in [1.29, 1.82) is 0 Å². The summed E-state index contributed by atoms with van der Waals surface area (Å²) in [5.74, 6) is -0.0454. The molecule has 1 aliphatic carbocycles. The van der Waals surface area contributed by atoms with E-state index in [4.69, 9.17) is 14.2 Å². The van der Waals surface area contributed by atoms with Gasteiger partial charge in [0.1, 0.15) is 11.2 Å². The Hall–Kier alpha value is -3.34. The summed E-state index contributed by atoms with van der Waals surface area (Å²) in [5, 5.41) is 2.10. The van der Waals surface area contributed by atoms with Crippen LogP contribution in [-0.2, 0) is 24.5 Å².